The second kappa shape index (κ2) is 7.27. The van der Waals surface area contributed by atoms with Gasteiger partial charge in [0.05, 0.1) is 12.1 Å². The number of halogens is 2. The van der Waals surface area contributed by atoms with E-state index in [1.54, 1.807) is 0 Å². The highest BCUT2D eigenvalue weighted by Crippen LogP contribution is 2.53. The first-order valence-corrected chi connectivity index (χ1v) is 11.2. The molecule has 29 heavy (non-hydrogen) atoms. The molecule has 3 aliphatic rings. The fraction of sp³-hybridized carbons (Fsp3) is 0.333. The molecular formula is C21H20Cl2N4S2. The highest BCUT2D eigenvalue weighted by molar-refractivity contribution is 7.80. The second-order valence-electron chi connectivity index (χ2n) is 7.85. The molecule has 5 rings (SSSR count). The Kier molecular flexibility index (Phi) is 4.86. The Morgan fingerprint density at radius 1 is 0.724 bits per heavy atom. The maximum absolute atomic E-state index is 6.56. The van der Waals surface area contributed by atoms with Crippen LogP contribution in [0.4, 0.5) is 0 Å². The van der Waals surface area contributed by atoms with Crippen molar-refractivity contribution in [3.8, 4) is 0 Å². The largest absolute Gasteiger partial charge is 0.355 e. The van der Waals surface area contributed by atoms with Crippen LogP contribution in [-0.4, -0.2) is 15.9 Å². The average molecular weight is 463 g/mol. The van der Waals surface area contributed by atoms with Crippen molar-refractivity contribution in [1.29, 1.82) is 0 Å². The molecule has 4 unspecified atom stereocenters. The molecule has 1 aliphatic carbocycles. The molecule has 1 spiro atoms. The molecule has 8 heteroatoms. The van der Waals surface area contributed by atoms with Crippen molar-refractivity contribution in [2.75, 3.05) is 0 Å². The summed E-state index contributed by atoms with van der Waals surface area (Å²) in [6, 6.07) is 15.9. The van der Waals surface area contributed by atoms with Gasteiger partial charge in [0.1, 0.15) is 5.66 Å². The average Bonchev–Trinajstić information content (AvgIpc) is 3.06. The Hall–Kier alpha value is -1.60. The molecule has 2 saturated heterocycles. The van der Waals surface area contributed by atoms with Gasteiger partial charge < -0.3 is 21.3 Å². The molecule has 2 aliphatic heterocycles. The molecule has 0 aromatic heterocycles. The smallest absolute Gasteiger partial charge is 0.168 e. The van der Waals surface area contributed by atoms with Crippen molar-refractivity contribution in [2.45, 2.75) is 30.6 Å². The van der Waals surface area contributed by atoms with Gasteiger partial charge in [0.2, 0.25) is 0 Å². The van der Waals surface area contributed by atoms with Gasteiger partial charge in [0.25, 0.3) is 0 Å². The third kappa shape index (κ3) is 3.08. The van der Waals surface area contributed by atoms with E-state index in [2.05, 4.69) is 33.4 Å². The SMILES string of the molecule is S=C1NC(c2ccccc2Cl)C2CCC3C(c4ccccc4Cl)NC(=S)NC23N1. The van der Waals surface area contributed by atoms with Crippen LogP contribution in [0, 0.1) is 11.8 Å². The Labute approximate surface area is 190 Å². The standard InChI is InChI=1S/C21H20Cl2N4S2/c22-15-7-3-1-5-11(15)17-13-9-10-14-18(12-6-2-4-8-16(12)23)25-20(29)27-21(13,14)26-19(28)24-17/h1-8,13-14,17-18H,9-10H2,(H2,24,26,28)(H2,25,27,29). The van der Waals surface area contributed by atoms with E-state index < -0.39 is 5.66 Å². The van der Waals surface area contributed by atoms with Gasteiger partial charge in [-0.3, -0.25) is 0 Å². The summed E-state index contributed by atoms with van der Waals surface area (Å²) >= 11 is 24.4. The zero-order chi connectivity index (χ0) is 20.2. The van der Waals surface area contributed by atoms with Crippen LogP contribution in [0.25, 0.3) is 0 Å². The van der Waals surface area contributed by atoms with Gasteiger partial charge in [-0.15, -0.1) is 0 Å². The first-order valence-electron chi connectivity index (χ1n) is 9.66. The van der Waals surface area contributed by atoms with Crippen LogP contribution in [0.5, 0.6) is 0 Å². The van der Waals surface area contributed by atoms with E-state index in [1.165, 1.54) is 0 Å². The van der Waals surface area contributed by atoms with Gasteiger partial charge >= 0.3 is 0 Å². The molecule has 1 saturated carbocycles. The van der Waals surface area contributed by atoms with Crippen LogP contribution in [-0.2, 0) is 0 Å². The minimum Gasteiger partial charge on any atom is -0.355 e. The summed E-state index contributed by atoms with van der Waals surface area (Å²) in [7, 11) is 0. The van der Waals surface area contributed by atoms with Crippen molar-refractivity contribution in [1.82, 2.24) is 21.3 Å². The quantitative estimate of drug-likeness (QED) is 0.494. The van der Waals surface area contributed by atoms with Gasteiger partial charge in [-0.1, -0.05) is 59.6 Å². The molecule has 0 radical (unpaired) electrons. The summed E-state index contributed by atoms with van der Waals surface area (Å²) in [5.41, 5.74) is 1.66. The van der Waals surface area contributed by atoms with Gasteiger partial charge in [-0.25, -0.2) is 0 Å². The van der Waals surface area contributed by atoms with Crippen LogP contribution < -0.4 is 21.3 Å². The third-order valence-electron chi connectivity index (χ3n) is 6.46. The fourth-order valence-electron chi connectivity index (χ4n) is 5.33. The zero-order valence-corrected chi connectivity index (χ0v) is 18.6. The van der Waals surface area contributed by atoms with E-state index in [4.69, 9.17) is 47.6 Å². The van der Waals surface area contributed by atoms with Gasteiger partial charge in [-0.2, -0.15) is 0 Å². The van der Waals surface area contributed by atoms with E-state index in [1.807, 2.05) is 36.4 Å². The lowest BCUT2D eigenvalue weighted by Gasteiger charge is -2.54. The number of benzene rings is 2. The first kappa shape index (κ1) is 19.4. The van der Waals surface area contributed by atoms with E-state index in [0.29, 0.717) is 10.2 Å². The van der Waals surface area contributed by atoms with E-state index in [-0.39, 0.29) is 23.9 Å². The summed E-state index contributed by atoms with van der Waals surface area (Å²) in [5, 5.41) is 16.7. The predicted octanol–water partition coefficient (Wildman–Crippen LogP) is 4.45. The Morgan fingerprint density at radius 2 is 1.14 bits per heavy atom. The number of nitrogens with one attached hydrogen (secondary N) is 4. The number of hydrogen-bond donors (Lipinski definition) is 4. The third-order valence-corrected chi connectivity index (χ3v) is 7.59. The van der Waals surface area contributed by atoms with Gasteiger partial charge in [0, 0.05) is 21.9 Å². The molecule has 3 fully saturated rings. The van der Waals surface area contributed by atoms with Crippen molar-refractivity contribution < 1.29 is 0 Å². The van der Waals surface area contributed by atoms with Crippen molar-refractivity contribution >= 4 is 57.9 Å². The zero-order valence-electron chi connectivity index (χ0n) is 15.4. The second-order valence-corrected chi connectivity index (χ2v) is 9.49. The maximum atomic E-state index is 6.56. The monoisotopic (exact) mass is 462 g/mol. The van der Waals surface area contributed by atoms with Crippen molar-refractivity contribution in [3.05, 3.63) is 69.7 Å². The van der Waals surface area contributed by atoms with E-state index in [9.17, 15) is 0 Å². The topological polar surface area (TPSA) is 48.1 Å². The summed E-state index contributed by atoms with van der Waals surface area (Å²) in [4.78, 5) is 0. The number of rotatable bonds is 2. The molecule has 4 nitrogen and oxygen atoms in total. The summed E-state index contributed by atoms with van der Waals surface area (Å²) in [6.07, 6.45) is 2.00. The maximum Gasteiger partial charge on any atom is 0.168 e. The van der Waals surface area contributed by atoms with Crippen LogP contribution in [0.1, 0.15) is 36.1 Å². The fourth-order valence-corrected chi connectivity index (χ4v) is 6.42. The lowest BCUT2D eigenvalue weighted by Crippen LogP contribution is -2.77. The molecule has 2 aromatic carbocycles. The van der Waals surface area contributed by atoms with Crippen LogP contribution in [0.3, 0.4) is 0 Å². The van der Waals surface area contributed by atoms with E-state index >= 15 is 0 Å². The summed E-state index contributed by atoms with van der Waals surface area (Å²) in [6.45, 7) is 0. The number of hydrogen-bond acceptors (Lipinski definition) is 2. The molecule has 0 amide bonds. The molecule has 4 atom stereocenters. The lowest BCUT2D eigenvalue weighted by atomic mass is 9.75. The van der Waals surface area contributed by atoms with Gasteiger partial charge in [0.15, 0.2) is 10.2 Å². The lowest BCUT2D eigenvalue weighted by molar-refractivity contribution is 0.107. The molecular weight excluding hydrogens is 443 g/mol. The minimum atomic E-state index is -0.460. The molecule has 2 heterocycles. The summed E-state index contributed by atoms with van der Waals surface area (Å²) in [5.74, 6) is 0.424. The normalized spacial score (nSPS) is 32.9. The van der Waals surface area contributed by atoms with Crippen LogP contribution >= 0.6 is 47.6 Å². The highest BCUT2D eigenvalue weighted by Gasteiger charge is 2.61. The van der Waals surface area contributed by atoms with Crippen molar-refractivity contribution in [2.24, 2.45) is 11.8 Å². The van der Waals surface area contributed by atoms with E-state index in [0.717, 1.165) is 34.0 Å². The van der Waals surface area contributed by atoms with Crippen LogP contribution in [0.2, 0.25) is 10.0 Å². The Bertz CT molecular complexity index is 919. The highest BCUT2D eigenvalue weighted by atomic mass is 35.5. The number of thiocarbonyl (C=S) groups is 2. The van der Waals surface area contributed by atoms with Crippen LogP contribution in [0.15, 0.2) is 48.5 Å². The minimum absolute atomic E-state index is 0.00254. The first-order chi connectivity index (χ1) is 14.0. The molecule has 150 valence electrons. The van der Waals surface area contributed by atoms with Gasteiger partial charge in [-0.05, 0) is 60.5 Å². The Morgan fingerprint density at radius 3 is 1.55 bits per heavy atom. The molecule has 0 bridgehead atoms. The predicted molar refractivity (Wildman–Crippen MR) is 125 cm³/mol. The summed E-state index contributed by atoms with van der Waals surface area (Å²) < 4.78 is 0. The molecule has 4 N–H and O–H groups in total. The molecule has 2 aromatic rings. The van der Waals surface area contributed by atoms with Crippen molar-refractivity contribution in [3.63, 3.8) is 0 Å². The Balaban J connectivity index is 1.60.